The first-order valence-electron chi connectivity index (χ1n) is 8.26. The third-order valence-corrected chi connectivity index (χ3v) is 4.92. The molecule has 1 aromatic carbocycles. The summed E-state index contributed by atoms with van der Waals surface area (Å²) in [6.45, 7) is 3.58. The second-order valence-electron chi connectivity index (χ2n) is 6.92. The van der Waals surface area contributed by atoms with Crippen LogP contribution in [0.25, 0.3) is 0 Å². The van der Waals surface area contributed by atoms with Gasteiger partial charge in [-0.2, -0.15) is 5.26 Å². The lowest BCUT2D eigenvalue weighted by molar-refractivity contribution is 0.123. The third-order valence-electron chi connectivity index (χ3n) is 4.92. The molecule has 3 fully saturated rings. The van der Waals surface area contributed by atoms with Crippen LogP contribution in [-0.2, 0) is 6.54 Å². The predicted molar refractivity (Wildman–Crippen MR) is 88.7 cm³/mol. The molecular weight excluding hydrogens is 288 g/mol. The zero-order valence-electron chi connectivity index (χ0n) is 13.9. The lowest BCUT2D eigenvalue weighted by Crippen LogP contribution is -2.45. The first kappa shape index (κ1) is 15.8. The molecule has 2 bridgehead atoms. The van der Waals surface area contributed by atoms with E-state index < -0.39 is 0 Å². The van der Waals surface area contributed by atoms with E-state index in [-0.39, 0.29) is 6.03 Å². The van der Waals surface area contributed by atoms with Gasteiger partial charge in [0.05, 0.1) is 11.6 Å². The van der Waals surface area contributed by atoms with Crippen LogP contribution in [-0.4, -0.2) is 60.5 Å². The van der Waals surface area contributed by atoms with E-state index in [0.717, 1.165) is 32.6 Å². The molecule has 1 aromatic rings. The molecular formula is C18H24N4O. The van der Waals surface area contributed by atoms with Crippen LogP contribution in [0.15, 0.2) is 24.3 Å². The molecule has 0 saturated carbocycles. The van der Waals surface area contributed by atoms with Crippen molar-refractivity contribution in [2.75, 3.05) is 33.7 Å². The Morgan fingerprint density at radius 3 is 2.87 bits per heavy atom. The van der Waals surface area contributed by atoms with Gasteiger partial charge in [-0.15, -0.1) is 0 Å². The zero-order valence-corrected chi connectivity index (χ0v) is 13.9. The number of urea groups is 1. The monoisotopic (exact) mass is 312 g/mol. The van der Waals surface area contributed by atoms with Crippen molar-refractivity contribution in [3.63, 3.8) is 0 Å². The molecule has 3 aliphatic heterocycles. The molecule has 3 heterocycles. The van der Waals surface area contributed by atoms with Crippen LogP contribution in [0.3, 0.4) is 0 Å². The Hall–Kier alpha value is -2.06. The molecule has 0 radical (unpaired) electrons. The number of amides is 2. The number of rotatable bonds is 2. The van der Waals surface area contributed by atoms with E-state index in [1.54, 1.807) is 4.90 Å². The smallest absolute Gasteiger partial charge is 0.319 e. The minimum absolute atomic E-state index is 0.121. The van der Waals surface area contributed by atoms with Crippen LogP contribution < -0.4 is 0 Å². The SMILES string of the molecule is CN(C)C(=O)N1C[C@@H]2CC[C@H](C1)N(Cc1cccc(C#N)c1)C2. The fourth-order valence-corrected chi connectivity index (χ4v) is 3.79. The van der Waals surface area contributed by atoms with E-state index in [1.807, 2.05) is 37.2 Å². The Labute approximate surface area is 138 Å². The van der Waals surface area contributed by atoms with E-state index in [0.29, 0.717) is 17.5 Å². The van der Waals surface area contributed by atoms with Gasteiger partial charge in [0, 0.05) is 46.3 Å². The number of nitriles is 1. The highest BCUT2D eigenvalue weighted by Gasteiger charge is 2.36. The van der Waals surface area contributed by atoms with Crippen molar-refractivity contribution in [3.05, 3.63) is 35.4 Å². The molecule has 0 unspecified atom stereocenters. The summed E-state index contributed by atoms with van der Waals surface area (Å²) < 4.78 is 0. The van der Waals surface area contributed by atoms with Gasteiger partial charge in [0.25, 0.3) is 0 Å². The highest BCUT2D eigenvalue weighted by Crippen LogP contribution is 2.29. The molecule has 3 saturated heterocycles. The van der Waals surface area contributed by atoms with Crippen molar-refractivity contribution in [2.45, 2.75) is 25.4 Å². The van der Waals surface area contributed by atoms with Gasteiger partial charge in [0.1, 0.15) is 0 Å². The number of carbonyl (C=O) groups is 1. The number of hydrogen-bond donors (Lipinski definition) is 0. The second kappa shape index (κ2) is 6.59. The maximum Gasteiger partial charge on any atom is 0.319 e. The molecule has 23 heavy (non-hydrogen) atoms. The molecule has 4 rings (SSSR count). The summed E-state index contributed by atoms with van der Waals surface area (Å²) in [5.74, 6) is 0.553. The maximum absolute atomic E-state index is 12.3. The van der Waals surface area contributed by atoms with E-state index >= 15 is 0 Å². The largest absolute Gasteiger partial charge is 0.331 e. The number of carbonyl (C=O) groups excluding carboxylic acids is 1. The summed E-state index contributed by atoms with van der Waals surface area (Å²) >= 11 is 0. The van der Waals surface area contributed by atoms with Gasteiger partial charge in [0.15, 0.2) is 0 Å². The highest BCUT2D eigenvalue weighted by atomic mass is 16.2. The molecule has 2 atom stereocenters. The van der Waals surface area contributed by atoms with Gasteiger partial charge in [-0.3, -0.25) is 4.90 Å². The van der Waals surface area contributed by atoms with Gasteiger partial charge < -0.3 is 9.80 Å². The summed E-state index contributed by atoms with van der Waals surface area (Å²) in [7, 11) is 3.64. The Morgan fingerprint density at radius 1 is 1.30 bits per heavy atom. The lowest BCUT2D eigenvalue weighted by atomic mass is 9.94. The summed E-state index contributed by atoms with van der Waals surface area (Å²) in [5, 5.41) is 9.05. The molecule has 122 valence electrons. The van der Waals surface area contributed by atoms with Crippen LogP contribution >= 0.6 is 0 Å². The van der Waals surface area contributed by atoms with E-state index in [9.17, 15) is 4.79 Å². The van der Waals surface area contributed by atoms with Crippen molar-refractivity contribution in [2.24, 2.45) is 5.92 Å². The van der Waals surface area contributed by atoms with Crippen molar-refractivity contribution < 1.29 is 4.79 Å². The number of hydrogen-bond acceptors (Lipinski definition) is 3. The van der Waals surface area contributed by atoms with Crippen LogP contribution in [0.5, 0.6) is 0 Å². The average molecular weight is 312 g/mol. The van der Waals surface area contributed by atoms with Gasteiger partial charge in [-0.25, -0.2) is 4.79 Å². The Kier molecular flexibility index (Phi) is 4.53. The number of piperidine rings is 1. The van der Waals surface area contributed by atoms with Crippen molar-refractivity contribution in [1.29, 1.82) is 5.26 Å². The van der Waals surface area contributed by atoms with E-state index in [1.165, 1.54) is 12.0 Å². The first-order valence-corrected chi connectivity index (χ1v) is 8.26. The van der Waals surface area contributed by atoms with Gasteiger partial charge in [-0.1, -0.05) is 12.1 Å². The average Bonchev–Trinajstić information content (AvgIpc) is 2.86. The van der Waals surface area contributed by atoms with E-state index in [4.69, 9.17) is 5.26 Å². The standard InChI is InChI=1S/C18H24N4O/c1-20(2)18(23)22-12-16-6-7-17(13-22)21(11-16)10-15-5-3-4-14(8-15)9-19/h3-5,8,16-17H,6-7,10-13H2,1-2H3/t16-,17-/m1/s1. The fraction of sp³-hybridized carbons (Fsp3) is 0.556. The van der Waals surface area contributed by atoms with Gasteiger partial charge in [0.2, 0.25) is 0 Å². The van der Waals surface area contributed by atoms with Crippen LogP contribution in [0.4, 0.5) is 4.79 Å². The quantitative estimate of drug-likeness (QED) is 0.840. The minimum atomic E-state index is 0.121. The summed E-state index contributed by atoms with van der Waals surface area (Å²) in [6.07, 6.45) is 2.36. The summed E-state index contributed by atoms with van der Waals surface area (Å²) in [4.78, 5) is 18.5. The Balaban J connectivity index is 1.73. The number of benzene rings is 1. The third kappa shape index (κ3) is 3.48. The summed E-state index contributed by atoms with van der Waals surface area (Å²) in [6, 6.07) is 10.6. The van der Waals surface area contributed by atoms with Crippen LogP contribution in [0.2, 0.25) is 0 Å². The Bertz CT molecular complexity index is 622. The number of nitrogens with zero attached hydrogens (tertiary/aromatic N) is 4. The molecule has 0 spiro atoms. The molecule has 5 heteroatoms. The van der Waals surface area contributed by atoms with Crippen molar-refractivity contribution in [3.8, 4) is 6.07 Å². The fourth-order valence-electron chi connectivity index (χ4n) is 3.79. The van der Waals surface area contributed by atoms with Gasteiger partial charge in [-0.05, 0) is 36.5 Å². The van der Waals surface area contributed by atoms with Crippen LogP contribution in [0.1, 0.15) is 24.0 Å². The lowest BCUT2D eigenvalue weighted by Gasteiger charge is -2.36. The molecule has 0 aromatic heterocycles. The number of fused-ring (bicyclic) bond motifs is 4. The maximum atomic E-state index is 12.3. The topological polar surface area (TPSA) is 50.6 Å². The highest BCUT2D eigenvalue weighted by molar-refractivity contribution is 5.74. The van der Waals surface area contributed by atoms with Crippen LogP contribution in [0, 0.1) is 17.2 Å². The van der Waals surface area contributed by atoms with Crippen molar-refractivity contribution >= 4 is 6.03 Å². The zero-order chi connectivity index (χ0) is 16.4. The van der Waals surface area contributed by atoms with Crippen molar-refractivity contribution in [1.82, 2.24) is 14.7 Å². The second-order valence-corrected chi connectivity index (χ2v) is 6.92. The summed E-state index contributed by atoms with van der Waals surface area (Å²) in [5.41, 5.74) is 1.90. The normalized spacial score (nSPS) is 24.1. The minimum Gasteiger partial charge on any atom is -0.331 e. The predicted octanol–water partition coefficient (Wildman–Crippen LogP) is 2.14. The van der Waals surface area contributed by atoms with E-state index in [2.05, 4.69) is 17.0 Å². The molecule has 2 amide bonds. The molecule has 3 aliphatic rings. The molecule has 5 nitrogen and oxygen atoms in total. The molecule has 0 N–H and O–H groups in total. The first-order chi connectivity index (χ1) is 11.1. The van der Waals surface area contributed by atoms with Gasteiger partial charge >= 0.3 is 6.03 Å². The molecule has 0 aliphatic carbocycles. The Morgan fingerprint density at radius 2 is 2.13 bits per heavy atom.